The van der Waals surface area contributed by atoms with E-state index in [0.29, 0.717) is 19.1 Å². The predicted molar refractivity (Wildman–Crippen MR) is 59.4 cm³/mol. The van der Waals surface area contributed by atoms with Gasteiger partial charge in [-0.2, -0.15) is 0 Å². The van der Waals surface area contributed by atoms with Crippen LogP contribution in [0.25, 0.3) is 0 Å². The Hall–Kier alpha value is -0.610. The Bertz CT molecular complexity index is 229. The molecule has 0 spiro atoms. The number of carbonyl (C=O) groups excluding carboxylic acids is 1. The number of carbonyl (C=O) groups is 1. The molecule has 88 valence electrons. The second-order valence-corrected chi connectivity index (χ2v) is 4.74. The zero-order valence-electron chi connectivity index (χ0n) is 9.88. The highest BCUT2D eigenvalue weighted by molar-refractivity contribution is 5.79. The number of methoxy groups -OCH3 is 1. The molecule has 4 heteroatoms. The van der Waals surface area contributed by atoms with Gasteiger partial charge < -0.3 is 15.8 Å². The SMILES string of the molecule is COCC(C)C(=O)NC(C)(CN)C1CC1. The minimum atomic E-state index is -0.223. The summed E-state index contributed by atoms with van der Waals surface area (Å²) in [7, 11) is 1.60. The zero-order valence-corrected chi connectivity index (χ0v) is 9.88. The van der Waals surface area contributed by atoms with Gasteiger partial charge in [-0.05, 0) is 25.7 Å². The van der Waals surface area contributed by atoms with E-state index in [0.717, 1.165) is 0 Å². The van der Waals surface area contributed by atoms with Crippen molar-refractivity contribution >= 4 is 5.91 Å². The maximum absolute atomic E-state index is 11.8. The average molecular weight is 214 g/mol. The lowest BCUT2D eigenvalue weighted by molar-refractivity contribution is -0.128. The first-order chi connectivity index (χ1) is 7.03. The van der Waals surface area contributed by atoms with Crippen LogP contribution in [0.4, 0.5) is 0 Å². The van der Waals surface area contributed by atoms with Crippen LogP contribution in [0.5, 0.6) is 0 Å². The highest BCUT2D eigenvalue weighted by atomic mass is 16.5. The summed E-state index contributed by atoms with van der Waals surface area (Å²) in [5.41, 5.74) is 5.50. The largest absolute Gasteiger partial charge is 0.384 e. The van der Waals surface area contributed by atoms with E-state index in [4.69, 9.17) is 10.5 Å². The quantitative estimate of drug-likeness (QED) is 0.677. The molecule has 0 radical (unpaired) electrons. The molecule has 15 heavy (non-hydrogen) atoms. The fourth-order valence-corrected chi connectivity index (χ4v) is 1.77. The summed E-state index contributed by atoms with van der Waals surface area (Å²) in [4.78, 5) is 11.8. The molecular weight excluding hydrogens is 192 g/mol. The molecule has 1 aliphatic carbocycles. The predicted octanol–water partition coefficient (Wildman–Crippen LogP) is 0.513. The van der Waals surface area contributed by atoms with Crippen LogP contribution in [-0.4, -0.2) is 31.7 Å². The molecule has 0 aromatic rings. The van der Waals surface area contributed by atoms with Gasteiger partial charge in [-0.15, -0.1) is 0 Å². The van der Waals surface area contributed by atoms with Gasteiger partial charge in [0, 0.05) is 13.7 Å². The smallest absolute Gasteiger partial charge is 0.225 e. The highest BCUT2D eigenvalue weighted by Crippen LogP contribution is 2.39. The summed E-state index contributed by atoms with van der Waals surface area (Å²) in [6.45, 7) is 4.85. The molecule has 1 fully saturated rings. The fraction of sp³-hybridized carbons (Fsp3) is 0.909. The standard InChI is InChI=1S/C11H22N2O2/c1-8(6-15-3)10(14)13-11(2,7-12)9-4-5-9/h8-9H,4-7,12H2,1-3H3,(H,13,14). The molecule has 0 aromatic heterocycles. The van der Waals surface area contributed by atoms with Gasteiger partial charge in [0.05, 0.1) is 18.1 Å². The second kappa shape index (κ2) is 4.94. The van der Waals surface area contributed by atoms with Crippen LogP contribution in [0.1, 0.15) is 26.7 Å². The van der Waals surface area contributed by atoms with Crippen LogP contribution < -0.4 is 11.1 Å². The Kier molecular flexibility index (Phi) is 4.11. The van der Waals surface area contributed by atoms with Crippen molar-refractivity contribution in [3.63, 3.8) is 0 Å². The summed E-state index contributed by atoms with van der Waals surface area (Å²) in [5.74, 6) is 0.484. The van der Waals surface area contributed by atoms with E-state index in [2.05, 4.69) is 5.32 Å². The maximum Gasteiger partial charge on any atom is 0.225 e. The topological polar surface area (TPSA) is 64.3 Å². The van der Waals surface area contributed by atoms with Crippen molar-refractivity contribution in [3.05, 3.63) is 0 Å². The molecule has 1 aliphatic rings. The molecule has 0 saturated heterocycles. The van der Waals surface area contributed by atoms with Gasteiger partial charge in [0.15, 0.2) is 0 Å². The Morgan fingerprint density at radius 1 is 1.67 bits per heavy atom. The van der Waals surface area contributed by atoms with E-state index >= 15 is 0 Å². The van der Waals surface area contributed by atoms with Gasteiger partial charge in [0.25, 0.3) is 0 Å². The minimum absolute atomic E-state index is 0.0386. The normalized spacial score (nSPS) is 21.9. The van der Waals surface area contributed by atoms with Crippen molar-refractivity contribution in [1.29, 1.82) is 0 Å². The third-order valence-electron chi connectivity index (χ3n) is 3.18. The molecule has 1 amide bonds. The van der Waals surface area contributed by atoms with Crippen molar-refractivity contribution in [1.82, 2.24) is 5.32 Å². The number of nitrogens with two attached hydrogens (primary N) is 1. The van der Waals surface area contributed by atoms with Crippen molar-refractivity contribution in [3.8, 4) is 0 Å². The summed E-state index contributed by atoms with van der Waals surface area (Å²) < 4.78 is 4.96. The molecule has 1 saturated carbocycles. The molecule has 3 N–H and O–H groups in total. The lowest BCUT2D eigenvalue weighted by Crippen LogP contribution is -2.54. The third-order valence-corrected chi connectivity index (χ3v) is 3.18. The van der Waals surface area contributed by atoms with Gasteiger partial charge in [-0.3, -0.25) is 4.79 Å². The molecule has 0 bridgehead atoms. The first kappa shape index (κ1) is 12.5. The Balaban J connectivity index is 2.47. The van der Waals surface area contributed by atoms with E-state index < -0.39 is 0 Å². The molecule has 1 rings (SSSR count). The van der Waals surface area contributed by atoms with E-state index in [1.807, 2.05) is 13.8 Å². The summed E-state index contributed by atoms with van der Waals surface area (Å²) >= 11 is 0. The maximum atomic E-state index is 11.8. The van der Waals surface area contributed by atoms with Crippen molar-refractivity contribution in [2.75, 3.05) is 20.3 Å². The summed E-state index contributed by atoms with van der Waals surface area (Å²) in [6, 6.07) is 0. The number of amides is 1. The average Bonchev–Trinajstić information content (AvgIpc) is 3.01. The van der Waals surface area contributed by atoms with Gasteiger partial charge in [-0.25, -0.2) is 0 Å². The molecule has 4 nitrogen and oxygen atoms in total. The third kappa shape index (κ3) is 3.18. The first-order valence-electron chi connectivity index (χ1n) is 5.54. The lowest BCUT2D eigenvalue weighted by Gasteiger charge is -2.30. The van der Waals surface area contributed by atoms with Crippen LogP contribution in [0.2, 0.25) is 0 Å². The van der Waals surface area contributed by atoms with Crippen molar-refractivity contribution in [2.24, 2.45) is 17.6 Å². The van der Waals surface area contributed by atoms with Crippen molar-refractivity contribution in [2.45, 2.75) is 32.2 Å². The Morgan fingerprint density at radius 3 is 2.67 bits per heavy atom. The zero-order chi connectivity index (χ0) is 11.5. The molecule has 2 unspecified atom stereocenters. The Morgan fingerprint density at radius 2 is 2.27 bits per heavy atom. The van der Waals surface area contributed by atoms with Crippen LogP contribution in [0.3, 0.4) is 0 Å². The molecule has 0 aliphatic heterocycles. The second-order valence-electron chi connectivity index (χ2n) is 4.74. The number of ether oxygens (including phenoxy) is 1. The van der Waals surface area contributed by atoms with Gasteiger partial charge in [-0.1, -0.05) is 6.92 Å². The van der Waals surface area contributed by atoms with Gasteiger partial charge in [0.2, 0.25) is 5.91 Å². The minimum Gasteiger partial charge on any atom is -0.384 e. The highest BCUT2D eigenvalue weighted by Gasteiger charge is 2.41. The fourth-order valence-electron chi connectivity index (χ4n) is 1.77. The van der Waals surface area contributed by atoms with E-state index in [1.54, 1.807) is 7.11 Å². The van der Waals surface area contributed by atoms with Crippen LogP contribution in [0, 0.1) is 11.8 Å². The van der Waals surface area contributed by atoms with Crippen LogP contribution in [0.15, 0.2) is 0 Å². The van der Waals surface area contributed by atoms with E-state index in [-0.39, 0.29) is 17.4 Å². The Labute approximate surface area is 91.5 Å². The van der Waals surface area contributed by atoms with Gasteiger partial charge >= 0.3 is 0 Å². The van der Waals surface area contributed by atoms with Crippen LogP contribution >= 0.6 is 0 Å². The lowest BCUT2D eigenvalue weighted by atomic mass is 9.95. The number of hydrogen-bond donors (Lipinski definition) is 2. The van der Waals surface area contributed by atoms with Crippen LogP contribution in [-0.2, 0) is 9.53 Å². The summed E-state index contributed by atoms with van der Waals surface area (Å²) in [5, 5.41) is 3.05. The number of hydrogen-bond acceptors (Lipinski definition) is 3. The summed E-state index contributed by atoms with van der Waals surface area (Å²) in [6.07, 6.45) is 2.35. The van der Waals surface area contributed by atoms with E-state index in [1.165, 1.54) is 12.8 Å². The molecule has 2 atom stereocenters. The monoisotopic (exact) mass is 214 g/mol. The first-order valence-corrected chi connectivity index (χ1v) is 5.54. The molecular formula is C11H22N2O2. The molecule has 0 aromatic carbocycles. The molecule has 0 heterocycles. The number of rotatable bonds is 6. The van der Waals surface area contributed by atoms with Gasteiger partial charge in [0.1, 0.15) is 0 Å². The van der Waals surface area contributed by atoms with Crippen molar-refractivity contribution < 1.29 is 9.53 Å². The van der Waals surface area contributed by atoms with E-state index in [9.17, 15) is 4.79 Å². The number of nitrogens with one attached hydrogen (secondary N) is 1.